The number of hydrogen-bond acceptors (Lipinski definition) is 5. The molecule has 3 amide bonds. The second-order valence-corrected chi connectivity index (χ2v) is 6.99. The van der Waals surface area contributed by atoms with Crippen molar-refractivity contribution in [3.8, 4) is 10.4 Å². The number of carbonyl (C=O) groups is 3. The third-order valence-corrected chi connectivity index (χ3v) is 4.91. The fourth-order valence-electron chi connectivity index (χ4n) is 2.20. The van der Waals surface area contributed by atoms with Crippen molar-refractivity contribution < 1.29 is 19.5 Å². The molecule has 1 atom stereocenters. The molecule has 10 heteroatoms. The Kier molecular flexibility index (Phi) is 6.56. The van der Waals surface area contributed by atoms with E-state index in [0.717, 1.165) is 16.9 Å². The first-order valence-corrected chi connectivity index (χ1v) is 8.83. The van der Waals surface area contributed by atoms with Gasteiger partial charge < -0.3 is 22.3 Å². The van der Waals surface area contributed by atoms with Crippen molar-refractivity contribution in [3.63, 3.8) is 0 Å². The van der Waals surface area contributed by atoms with E-state index >= 15 is 0 Å². The summed E-state index contributed by atoms with van der Waals surface area (Å²) in [4.78, 5) is 34.0. The summed E-state index contributed by atoms with van der Waals surface area (Å²) in [5.74, 6) is -1.77. The third kappa shape index (κ3) is 5.30. The van der Waals surface area contributed by atoms with Crippen molar-refractivity contribution in [2.24, 2.45) is 17.2 Å². The van der Waals surface area contributed by atoms with Crippen LogP contribution in [0.5, 0.6) is 0 Å². The van der Waals surface area contributed by atoms with E-state index in [0.29, 0.717) is 15.5 Å². The Morgan fingerprint density at radius 1 is 1.26 bits per heavy atom. The maximum atomic E-state index is 11.6. The van der Waals surface area contributed by atoms with E-state index in [9.17, 15) is 14.4 Å². The fraction of sp³-hybridized carbons (Fsp3) is 0.118. The zero-order valence-corrected chi connectivity index (χ0v) is 15.5. The van der Waals surface area contributed by atoms with E-state index in [4.69, 9.17) is 33.9 Å². The number of carbonyl (C=O) groups excluding carboxylic acids is 2. The summed E-state index contributed by atoms with van der Waals surface area (Å²) < 4.78 is 0. The summed E-state index contributed by atoms with van der Waals surface area (Å²) in [6, 6.07) is 4.95. The number of rotatable bonds is 7. The first-order chi connectivity index (χ1) is 12.7. The van der Waals surface area contributed by atoms with Crippen LogP contribution >= 0.6 is 22.9 Å². The quantitative estimate of drug-likeness (QED) is 0.474. The Labute approximate surface area is 163 Å². The standard InChI is InChI=1S/C17H17ClN4O4S/c18-11-6-8(2-1-3-12(19)16(24)25)4-5-9(11)13-7-10(14(20)23)15(27-13)22-17(21)26/h1-2,4-7,12H,3,19H2,(H2,20,23)(H,24,25)(H3,21,22,26)/b2-1+. The van der Waals surface area contributed by atoms with E-state index < -0.39 is 23.9 Å². The van der Waals surface area contributed by atoms with Crippen LogP contribution in [0.15, 0.2) is 30.3 Å². The predicted molar refractivity (Wildman–Crippen MR) is 106 cm³/mol. The van der Waals surface area contributed by atoms with Gasteiger partial charge in [0.2, 0.25) is 0 Å². The highest BCUT2D eigenvalue weighted by atomic mass is 35.5. The van der Waals surface area contributed by atoms with Gasteiger partial charge in [-0.2, -0.15) is 0 Å². The molecule has 2 aromatic rings. The SMILES string of the molecule is NC(=O)Nc1sc(-c2ccc(/C=C/CC(N)C(=O)O)cc2Cl)cc1C(N)=O. The molecule has 8 N–H and O–H groups in total. The average Bonchev–Trinajstić information content (AvgIpc) is 2.97. The maximum absolute atomic E-state index is 11.6. The van der Waals surface area contributed by atoms with Crippen LogP contribution in [0.1, 0.15) is 22.3 Å². The lowest BCUT2D eigenvalue weighted by atomic mass is 10.1. The molecule has 1 aromatic carbocycles. The lowest BCUT2D eigenvalue weighted by Gasteiger charge is -2.04. The van der Waals surface area contributed by atoms with E-state index in [1.54, 1.807) is 30.4 Å². The van der Waals surface area contributed by atoms with Gasteiger partial charge in [0.1, 0.15) is 11.0 Å². The van der Waals surface area contributed by atoms with Gasteiger partial charge in [0.05, 0.1) is 5.56 Å². The molecule has 27 heavy (non-hydrogen) atoms. The van der Waals surface area contributed by atoms with Gasteiger partial charge >= 0.3 is 12.0 Å². The zero-order chi connectivity index (χ0) is 20.1. The number of carboxylic acid groups (broad SMARTS) is 1. The number of primary amides is 2. The van der Waals surface area contributed by atoms with E-state index in [2.05, 4.69) is 5.32 Å². The molecule has 0 spiro atoms. The Morgan fingerprint density at radius 3 is 2.52 bits per heavy atom. The van der Waals surface area contributed by atoms with Crippen molar-refractivity contribution in [3.05, 3.63) is 46.5 Å². The number of anilines is 1. The number of carboxylic acids is 1. The predicted octanol–water partition coefficient (Wildman–Crippen LogP) is 2.47. The molecule has 1 heterocycles. The van der Waals surface area contributed by atoms with Gasteiger partial charge in [0.25, 0.3) is 5.91 Å². The topological polar surface area (TPSA) is 162 Å². The Hall–Kier alpha value is -2.88. The summed E-state index contributed by atoms with van der Waals surface area (Å²) in [5, 5.41) is 11.8. The number of thiophene rings is 1. The molecule has 1 aromatic heterocycles. The number of nitrogens with one attached hydrogen (secondary N) is 1. The van der Waals surface area contributed by atoms with Gasteiger partial charge in [0.15, 0.2) is 0 Å². The molecule has 142 valence electrons. The fourth-order valence-corrected chi connectivity index (χ4v) is 3.65. The Morgan fingerprint density at radius 2 is 1.96 bits per heavy atom. The number of halogens is 1. The molecule has 0 saturated carbocycles. The number of hydrogen-bond donors (Lipinski definition) is 5. The Bertz CT molecular complexity index is 926. The van der Waals surface area contributed by atoms with Crippen LogP contribution in [0, 0.1) is 0 Å². The average molecular weight is 409 g/mol. The molecule has 0 aliphatic heterocycles. The van der Waals surface area contributed by atoms with Crippen LogP contribution in [0.3, 0.4) is 0 Å². The lowest BCUT2D eigenvalue weighted by Crippen LogP contribution is -2.29. The summed E-state index contributed by atoms with van der Waals surface area (Å²) in [5.41, 5.74) is 17.4. The summed E-state index contributed by atoms with van der Waals surface area (Å²) in [6.07, 6.45) is 3.54. The molecule has 8 nitrogen and oxygen atoms in total. The molecule has 0 aliphatic carbocycles. The van der Waals surface area contributed by atoms with Crippen LogP contribution in [-0.4, -0.2) is 29.1 Å². The van der Waals surface area contributed by atoms with Crippen LogP contribution in [0.2, 0.25) is 5.02 Å². The van der Waals surface area contributed by atoms with Crippen molar-refractivity contribution >= 4 is 51.9 Å². The number of benzene rings is 1. The highest BCUT2D eigenvalue weighted by molar-refractivity contribution is 7.20. The summed E-state index contributed by atoms with van der Waals surface area (Å²) in [7, 11) is 0. The number of nitrogens with two attached hydrogens (primary N) is 3. The highest BCUT2D eigenvalue weighted by Crippen LogP contribution is 2.38. The number of aliphatic carboxylic acids is 1. The van der Waals surface area contributed by atoms with Gasteiger partial charge in [-0.05, 0) is 24.1 Å². The van der Waals surface area contributed by atoms with Crippen LogP contribution in [-0.2, 0) is 4.79 Å². The molecule has 1 unspecified atom stereocenters. The summed E-state index contributed by atoms with van der Waals surface area (Å²) >= 11 is 7.45. The van der Waals surface area contributed by atoms with Crippen molar-refractivity contribution in [2.75, 3.05) is 5.32 Å². The van der Waals surface area contributed by atoms with Crippen molar-refractivity contribution in [1.29, 1.82) is 0 Å². The lowest BCUT2D eigenvalue weighted by molar-refractivity contribution is -0.138. The van der Waals surface area contributed by atoms with Gasteiger partial charge in [0, 0.05) is 15.5 Å². The molecular weight excluding hydrogens is 392 g/mol. The van der Waals surface area contributed by atoms with E-state index in [1.165, 1.54) is 6.07 Å². The molecule has 0 fully saturated rings. The Balaban J connectivity index is 2.27. The minimum Gasteiger partial charge on any atom is -0.480 e. The highest BCUT2D eigenvalue weighted by Gasteiger charge is 2.17. The third-order valence-electron chi connectivity index (χ3n) is 3.51. The molecule has 0 aliphatic rings. The first-order valence-electron chi connectivity index (χ1n) is 7.64. The summed E-state index contributed by atoms with van der Waals surface area (Å²) in [6.45, 7) is 0. The van der Waals surface area contributed by atoms with Crippen LogP contribution in [0.4, 0.5) is 9.80 Å². The second kappa shape index (κ2) is 8.67. The molecular formula is C17H17ClN4O4S. The molecule has 0 saturated heterocycles. The minimum atomic E-state index is -1.07. The van der Waals surface area contributed by atoms with Crippen LogP contribution in [0.25, 0.3) is 16.5 Å². The zero-order valence-electron chi connectivity index (χ0n) is 13.9. The maximum Gasteiger partial charge on any atom is 0.320 e. The van der Waals surface area contributed by atoms with Gasteiger partial charge in [-0.25, -0.2) is 4.79 Å². The van der Waals surface area contributed by atoms with Crippen LogP contribution < -0.4 is 22.5 Å². The first kappa shape index (κ1) is 20.4. The van der Waals surface area contributed by atoms with Gasteiger partial charge in [-0.1, -0.05) is 35.9 Å². The molecule has 0 radical (unpaired) electrons. The van der Waals surface area contributed by atoms with Crippen molar-refractivity contribution in [1.82, 2.24) is 0 Å². The largest absolute Gasteiger partial charge is 0.480 e. The van der Waals surface area contributed by atoms with E-state index in [1.807, 2.05) is 0 Å². The van der Waals surface area contributed by atoms with Gasteiger partial charge in [-0.3, -0.25) is 14.9 Å². The number of urea groups is 1. The normalized spacial score (nSPS) is 12.1. The smallest absolute Gasteiger partial charge is 0.320 e. The monoisotopic (exact) mass is 408 g/mol. The molecule has 0 bridgehead atoms. The van der Waals surface area contributed by atoms with Crippen molar-refractivity contribution in [2.45, 2.75) is 12.5 Å². The molecule has 2 rings (SSSR count). The van der Waals surface area contributed by atoms with Gasteiger partial charge in [-0.15, -0.1) is 11.3 Å². The minimum absolute atomic E-state index is 0.136. The number of amides is 3. The second-order valence-electron chi connectivity index (χ2n) is 5.53. The van der Waals surface area contributed by atoms with E-state index in [-0.39, 0.29) is 17.0 Å².